The molecule has 2 aliphatic rings. The third kappa shape index (κ3) is 2.61. The van der Waals surface area contributed by atoms with Crippen molar-refractivity contribution in [2.75, 3.05) is 31.1 Å². The van der Waals surface area contributed by atoms with Gasteiger partial charge in [-0.3, -0.25) is 0 Å². The Labute approximate surface area is 85.4 Å². The summed E-state index contributed by atoms with van der Waals surface area (Å²) in [4.78, 5) is 2.49. The highest BCUT2D eigenvalue weighted by Crippen LogP contribution is 2.18. The summed E-state index contributed by atoms with van der Waals surface area (Å²) in [6.07, 6.45) is 2.81. The number of thioether (sulfide) groups is 1. The van der Waals surface area contributed by atoms with Crippen LogP contribution in [0.15, 0.2) is 0 Å². The third-order valence-electron chi connectivity index (χ3n) is 3.04. The topological polar surface area (TPSA) is 15.3 Å². The number of hydrogen-bond acceptors (Lipinski definition) is 3. The van der Waals surface area contributed by atoms with Gasteiger partial charge < -0.3 is 10.2 Å². The summed E-state index contributed by atoms with van der Waals surface area (Å²) in [5, 5.41) is 3.76. The Hall–Kier alpha value is 0.270. The van der Waals surface area contributed by atoms with E-state index in [4.69, 9.17) is 0 Å². The SMILES string of the molecule is CCN1CC(NC2CCCSC2)C1. The summed E-state index contributed by atoms with van der Waals surface area (Å²) in [5.41, 5.74) is 0. The molecule has 2 rings (SSSR count). The maximum Gasteiger partial charge on any atom is 0.0325 e. The minimum absolute atomic E-state index is 0.795. The number of likely N-dealkylation sites (N-methyl/N-ethyl adjacent to an activating group) is 1. The molecule has 0 amide bonds. The normalized spacial score (nSPS) is 31.6. The molecule has 0 radical (unpaired) electrons. The second-order valence-electron chi connectivity index (χ2n) is 4.13. The highest BCUT2D eigenvalue weighted by Gasteiger charge is 2.27. The molecule has 3 heteroatoms. The van der Waals surface area contributed by atoms with Crippen LogP contribution < -0.4 is 5.32 Å². The molecule has 1 N–H and O–H groups in total. The first kappa shape index (κ1) is 9.81. The molecule has 0 saturated carbocycles. The average Bonchev–Trinajstić information content (AvgIpc) is 2.12. The highest BCUT2D eigenvalue weighted by atomic mass is 32.2. The van der Waals surface area contributed by atoms with E-state index >= 15 is 0 Å². The standard InChI is InChI=1S/C10H20N2S/c1-2-12-6-10(7-12)11-9-4-3-5-13-8-9/h9-11H,2-8H2,1H3. The molecule has 2 nitrogen and oxygen atoms in total. The maximum absolute atomic E-state index is 3.76. The molecule has 13 heavy (non-hydrogen) atoms. The van der Waals surface area contributed by atoms with Gasteiger partial charge in [0, 0.05) is 30.9 Å². The minimum atomic E-state index is 0.795. The molecule has 76 valence electrons. The Bertz CT molecular complexity index is 151. The van der Waals surface area contributed by atoms with Gasteiger partial charge in [-0.25, -0.2) is 0 Å². The third-order valence-corrected chi connectivity index (χ3v) is 4.25. The summed E-state index contributed by atoms with van der Waals surface area (Å²) >= 11 is 2.11. The fraction of sp³-hybridized carbons (Fsp3) is 1.00. The first-order valence-electron chi connectivity index (χ1n) is 5.44. The van der Waals surface area contributed by atoms with E-state index in [1.54, 1.807) is 0 Å². The smallest absolute Gasteiger partial charge is 0.0325 e. The van der Waals surface area contributed by atoms with Gasteiger partial charge in [0.2, 0.25) is 0 Å². The molecule has 0 spiro atoms. The van der Waals surface area contributed by atoms with E-state index in [-0.39, 0.29) is 0 Å². The lowest BCUT2D eigenvalue weighted by Crippen LogP contribution is -2.60. The molecule has 0 bridgehead atoms. The van der Waals surface area contributed by atoms with Crippen LogP contribution in [0.25, 0.3) is 0 Å². The van der Waals surface area contributed by atoms with Crippen molar-refractivity contribution in [1.29, 1.82) is 0 Å². The summed E-state index contributed by atoms with van der Waals surface area (Å²) in [5.74, 6) is 2.71. The van der Waals surface area contributed by atoms with Gasteiger partial charge in [-0.15, -0.1) is 0 Å². The zero-order chi connectivity index (χ0) is 9.10. The van der Waals surface area contributed by atoms with Gasteiger partial charge in [0.05, 0.1) is 0 Å². The molecule has 2 heterocycles. The van der Waals surface area contributed by atoms with Gasteiger partial charge in [0.25, 0.3) is 0 Å². The van der Waals surface area contributed by atoms with Gasteiger partial charge >= 0.3 is 0 Å². The van der Waals surface area contributed by atoms with E-state index in [2.05, 4.69) is 28.9 Å². The molecular formula is C10H20N2S. The Morgan fingerprint density at radius 3 is 2.85 bits per heavy atom. The molecule has 0 aromatic carbocycles. The van der Waals surface area contributed by atoms with Gasteiger partial charge in [0.15, 0.2) is 0 Å². The first-order chi connectivity index (χ1) is 6.38. The molecule has 1 atom stereocenters. The molecule has 0 aliphatic carbocycles. The van der Waals surface area contributed by atoms with Crippen molar-refractivity contribution in [3.8, 4) is 0 Å². The van der Waals surface area contributed by atoms with E-state index in [9.17, 15) is 0 Å². The van der Waals surface area contributed by atoms with Crippen molar-refractivity contribution in [1.82, 2.24) is 10.2 Å². The van der Waals surface area contributed by atoms with Crippen LogP contribution in [0.5, 0.6) is 0 Å². The zero-order valence-corrected chi connectivity index (χ0v) is 9.28. The zero-order valence-electron chi connectivity index (χ0n) is 8.46. The van der Waals surface area contributed by atoms with E-state index in [1.807, 2.05) is 0 Å². The molecule has 2 fully saturated rings. The second kappa shape index (κ2) is 4.67. The Morgan fingerprint density at radius 2 is 2.23 bits per heavy atom. The quantitative estimate of drug-likeness (QED) is 0.736. The predicted octanol–water partition coefficient (Wildman–Crippen LogP) is 1.18. The monoisotopic (exact) mass is 200 g/mol. The summed E-state index contributed by atoms with van der Waals surface area (Å²) < 4.78 is 0. The van der Waals surface area contributed by atoms with Crippen molar-refractivity contribution >= 4 is 11.8 Å². The summed E-state index contributed by atoms with van der Waals surface area (Å²) in [6.45, 7) is 6.01. The van der Waals surface area contributed by atoms with Crippen LogP contribution in [0.3, 0.4) is 0 Å². The molecule has 2 saturated heterocycles. The molecule has 1 unspecified atom stereocenters. The Morgan fingerprint density at radius 1 is 1.38 bits per heavy atom. The fourth-order valence-corrected chi connectivity index (χ4v) is 3.22. The Kier molecular flexibility index (Phi) is 3.52. The van der Waals surface area contributed by atoms with Crippen LogP contribution in [-0.2, 0) is 0 Å². The van der Waals surface area contributed by atoms with Crippen LogP contribution in [0.2, 0.25) is 0 Å². The van der Waals surface area contributed by atoms with Gasteiger partial charge in [-0.2, -0.15) is 11.8 Å². The predicted molar refractivity (Wildman–Crippen MR) is 59.4 cm³/mol. The lowest BCUT2D eigenvalue weighted by molar-refractivity contribution is 0.125. The fourth-order valence-electron chi connectivity index (χ4n) is 2.14. The lowest BCUT2D eigenvalue weighted by Gasteiger charge is -2.41. The van der Waals surface area contributed by atoms with E-state index in [0.29, 0.717) is 0 Å². The van der Waals surface area contributed by atoms with Crippen molar-refractivity contribution < 1.29 is 0 Å². The molecule has 0 aromatic rings. The minimum Gasteiger partial charge on any atom is -0.308 e. The van der Waals surface area contributed by atoms with Crippen molar-refractivity contribution in [3.63, 3.8) is 0 Å². The largest absolute Gasteiger partial charge is 0.308 e. The maximum atomic E-state index is 3.76. The molecule has 0 aromatic heterocycles. The molecular weight excluding hydrogens is 180 g/mol. The number of nitrogens with one attached hydrogen (secondary N) is 1. The van der Waals surface area contributed by atoms with Gasteiger partial charge in [0.1, 0.15) is 0 Å². The van der Waals surface area contributed by atoms with Crippen molar-refractivity contribution in [2.45, 2.75) is 31.8 Å². The van der Waals surface area contributed by atoms with E-state index in [1.165, 1.54) is 44.0 Å². The number of rotatable bonds is 3. The number of hydrogen-bond donors (Lipinski definition) is 1. The highest BCUT2D eigenvalue weighted by molar-refractivity contribution is 7.99. The van der Waals surface area contributed by atoms with Gasteiger partial charge in [-0.1, -0.05) is 6.92 Å². The number of nitrogens with zero attached hydrogens (tertiary/aromatic N) is 1. The average molecular weight is 200 g/mol. The van der Waals surface area contributed by atoms with Crippen LogP contribution in [-0.4, -0.2) is 48.1 Å². The van der Waals surface area contributed by atoms with Gasteiger partial charge in [-0.05, 0) is 25.1 Å². The van der Waals surface area contributed by atoms with Crippen LogP contribution in [0, 0.1) is 0 Å². The summed E-state index contributed by atoms with van der Waals surface area (Å²) in [6, 6.07) is 1.60. The lowest BCUT2D eigenvalue weighted by atomic mass is 10.1. The van der Waals surface area contributed by atoms with Crippen molar-refractivity contribution in [3.05, 3.63) is 0 Å². The van der Waals surface area contributed by atoms with Crippen LogP contribution in [0.4, 0.5) is 0 Å². The van der Waals surface area contributed by atoms with Crippen LogP contribution in [0.1, 0.15) is 19.8 Å². The second-order valence-corrected chi connectivity index (χ2v) is 5.28. The molecule has 2 aliphatic heterocycles. The Balaban J connectivity index is 1.62. The van der Waals surface area contributed by atoms with Crippen molar-refractivity contribution in [2.24, 2.45) is 0 Å². The van der Waals surface area contributed by atoms with E-state index in [0.717, 1.165) is 12.1 Å². The first-order valence-corrected chi connectivity index (χ1v) is 6.60. The summed E-state index contributed by atoms with van der Waals surface area (Å²) in [7, 11) is 0. The number of likely N-dealkylation sites (tertiary alicyclic amines) is 1. The van der Waals surface area contributed by atoms with E-state index < -0.39 is 0 Å². The van der Waals surface area contributed by atoms with Crippen LogP contribution >= 0.6 is 11.8 Å².